The molecule has 2 N–H and O–H groups in total. The van der Waals surface area contributed by atoms with E-state index in [4.69, 9.17) is 16.3 Å². The van der Waals surface area contributed by atoms with Crippen LogP contribution in [0, 0.1) is 0 Å². The zero-order valence-corrected chi connectivity index (χ0v) is 18.0. The van der Waals surface area contributed by atoms with Crippen molar-refractivity contribution in [3.8, 4) is 0 Å². The number of aromatic nitrogens is 1. The Morgan fingerprint density at radius 3 is 2.21 bits per heavy atom. The molecule has 2 aromatic rings. The van der Waals surface area contributed by atoms with E-state index in [1.807, 2.05) is 55.5 Å². The van der Waals surface area contributed by atoms with E-state index < -0.39 is 0 Å². The van der Waals surface area contributed by atoms with Crippen molar-refractivity contribution in [2.24, 2.45) is 5.10 Å². The standard InChI is InChI=1S/C14H16N4S.C5H8O2.O.V/c1-11(13-9-5-6-10-15-13)17-18-14(19)16-12-7-3-2-4-8-12;1-4(6)3-5(2)7;;/h2-10,14,16,18-19H,1H3;3,6H,1-2H3;;/q;;;+2/p-2/b17-11+;4-3-;;. The first-order chi connectivity index (χ1) is 13.4. The Balaban J connectivity index is 0.000000688. The number of anilines is 1. The van der Waals surface area contributed by atoms with Crippen LogP contribution in [0.1, 0.15) is 26.5 Å². The van der Waals surface area contributed by atoms with Crippen molar-refractivity contribution in [2.75, 3.05) is 5.32 Å². The Labute approximate surface area is 180 Å². The Bertz CT molecular complexity index is 754. The van der Waals surface area contributed by atoms with Crippen molar-refractivity contribution in [1.29, 1.82) is 0 Å². The number of para-hydroxylation sites is 1. The Morgan fingerprint density at radius 2 is 1.75 bits per heavy atom. The van der Waals surface area contributed by atoms with Gasteiger partial charge in [0.2, 0.25) is 0 Å². The summed E-state index contributed by atoms with van der Waals surface area (Å²) in [5.41, 5.74) is 5.09. The van der Waals surface area contributed by atoms with E-state index in [9.17, 15) is 9.90 Å². The molecule has 0 aliphatic heterocycles. The zero-order chi connectivity index (χ0) is 21.4. The van der Waals surface area contributed by atoms with Crippen LogP contribution in [-0.4, -0.2) is 22.0 Å². The van der Waals surface area contributed by atoms with Crippen LogP contribution in [0.2, 0.25) is 0 Å². The van der Waals surface area contributed by atoms with Crippen LogP contribution < -0.4 is 15.8 Å². The van der Waals surface area contributed by atoms with E-state index in [1.165, 1.54) is 13.8 Å². The fourth-order valence-electron chi connectivity index (χ4n) is 1.79. The fraction of sp³-hybridized carbons (Fsp3) is 0.211. The topological polar surface area (TPSA) is 107 Å². The number of nitrogens with one attached hydrogen (secondary N) is 2. The van der Waals surface area contributed by atoms with Crippen LogP contribution in [0.15, 0.2) is 71.7 Å². The molecule has 28 heavy (non-hydrogen) atoms. The number of ketones is 1. The molecule has 1 unspecified atom stereocenters. The van der Waals surface area contributed by atoms with Gasteiger partial charge in [-0.3, -0.25) is 9.78 Å². The normalized spacial score (nSPS) is 11.8. The molecule has 0 aliphatic rings. The van der Waals surface area contributed by atoms with Crippen LogP contribution in [0.25, 0.3) is 0 Å². The number of allylic oxidation sites excluding steroid dienone is 2. The van der Waals surface area contributed by atoms with Crippen molar-refractivity contribution in [1.82, 2.24) is 10.4 Å². The number of hydrogen-bond donors (Lipinski definition) is 2. The fourth-order valence-corrected chi connectivity index (χ4v) is 1.98. The van der Waals surface area contributed by atoms with Gasteiger partial charge in [0.05, 0.1) is 11.4 Å². The van der Waals surface area contributed by atoms with Crippen molar-refractivity contribution in [3.63, 3.8) is 0 Å². The molecule has 1 heterocycles. The average molecular weight is 437 g/mol. The molecule has 0 bridgehead atoms. The molecule has 1 aromatic carbocycles. The molecule has 0 aliphatic carbocycles. The third kappa shape index (κ3) is 12.9. The molecule has 7 nitrogen and oxygen atoms in total. The summed E-state index contributed by atoms with van der Waals surface area (Å²) in [6, 6.07) is 15.5. The molecule has 147 valence electrons. The molecular weight excluding hydrogens is 415 g/mol. The van der Waals surface area contributed by atoms with Gasteiger partial charge in [-0.2, -0.15) is 5.10 Å². The van der Waals surface area contributed by atoms with Gasteiger partial charge in [0, 0.05) is 11.9 Å². The van der Waals surface area contributed by atoms with Gasteiger partial charge < -0.3 is 28.5 Å². The van der Waals surface area contributed by atoms with Gasteiger partial charge in [0.15, 0.2) is 5.78 Å². The molecule has 0 radical (unpaired) electrons. The van der Waals surface area contributed by atoms with Gasteiger partial charge in [-0.25, -0.2) is 0 Å². The number of benzene rings is 1. The van der Waals surface area contributed by atoms with E-state index in [-0.39, 0.29) is 17.0 Å². The summed E-state index contributed by atoms with van der Waals surface area (Å²) < 4.78 is 8.19. The first-order valence-electron chi connectivity index (χ1n) is 8.11. The maximum atomic E-state index is 9.98. The van der Waals surface area contributed by atoms with Gasteiger partial charge in [-0.05, 0) is 49.7 Å². The Hall–Kier alpha value is -2.42. The van der Waals surface area contributed by atoms with Crippen LogP contribution >= 0.6 is 0 Å². The molecule has 1 aromatic heterocycles. The predicted molar refractivity (Wildman–Crippen MR) is 106 cm³/mol. The quantitative estimate of drug-likeness (QED) is 0.178. The minimum absolute atomic E-state index is 0.187. The number of rotatable bonds is 6. The van der Waals surface area contributed by atoms with Gasteiger partial charge in [0.1, 0.15) is 0 Å². The predicted octanol–water partition coefficient (Wildman–Crippen LogP) is 2.06. The maximum absolute atomic E-state index is 9.98. The summed E-state index contributed by atoms with van der Waals surface area (Å²) in [6.45, 7) is 4.59. The van der Waals surface area contributed by atoms with Gasteiger partial charge in [0.25, 0.3) is 0 Å². The van der Waals surface area contributed by atoms with Gasteiger partial charge >= 0.3 is 21.0 Å². The molecule has 9 heteroatoms. The van der Waals surface area contributed by atoms with E-state index in [0.717, 1.165) is 40.5 Å². The van der Waals surface area contributed by atoms with E-state index in [1.54, 1.807) is 6.20 Å². The molecule has 0 amide bonds. The van der Waals surface area contributed by atoms with Crippen molar-refractivity contribution in [2.45, 2.75) is 26.3 Å². The van der Waals surface area contributed by atoms with Gasteiger partial charge in [-0.1, -0.05) is 31.2 Å². The van der Waals surface area contributed by atoms with Crippen molar-refractivity contribution in [3.05, 3.63) is 72.3 Å². The average Bonchev–Trinajstić information content (AvgIpc) is 2.68. The van der Waals surface area contributed by atoms with Crippen LogP contribution in [0.5, 0.6) is 0 Å². The Kier molecular flexibility index (Phi) is 14.3. The van der Waals surface area contributed by atoms with Gasteiger partial charge in [-0.15, -0.1) is 5.76 Å². The van der Waals surface area contributed by atoms with E-state index >= 15 is 0 Å². The monoisotopic (exact) mass is 437 g/mol. The zero-order valence-electron chi connectivity index (χ0n) is 15.8. The molecule has 0 saturated heterocycles. The second-order valence-electron chi connectivity index (χ2n) is 5.30. The number of pyridine rings is 1. The molecule has 0 spiro atoms. The summed E-state index contributed by atoms with van der Waals surface area (Å²) >= 11 is 6.30. The number of nitrogens with zero attached hydrogens (tertiary/aromatic N) is 2. The van der Waals surface area contributed by atoms with E-state index in [2.05, 4.69) is 20.8 Å². The number of hydrogen-bond acceptors (Lipinski definition) is 8. The van der Waals surface area contributed by atoms with Crippen molar-refractivity contribution < 1.29 is 30.9 Å². The SMILES string of the molecule is C/C(=N\NC([S-])Nc1ccccc1)c1ccccn1.CC(=O)/C=C(/C)[O-].[O]=[V+2]. The number of carbonyl (C=O) groups is 1. The molecule has 1 atom stereocenters. The second kappa shape index (κ2) is 15.6. The van der Waals surface area contributed by atoms with Crippen LogP contribution in [0.4, 0.5) is 5.69 Å². The summed E-state index contributed by atoms with van der Waals surface area (Å²) in [5, 5.41) is 17.3. The summed E-state index contributed by atoms with van der Waals surface area (Å²) in [7, 11) is 0. The number of carbonyl (C=O) groups excluding carboxylic acids is 1. The molecule has 0 fully saturated rings. The summed E-state index contributed by atoms with van der Waals surface area (Å²) in [5.74, 6) is -0.375. The number of hydrazone groups is 1. The first-order valence-corrected chi connectivity index (χ1v) is 9.15. The third-order valence-corrected chi connectivity index (χ3v) is 3.09. The summed E-state index contributed by atoms with van der Waals surface area (Å²) in [4.78, 5) is 14.2. The summed E-state index contributed by atoms with van der Waals surface area (Å²) in [6.07, 6.45) is 2.79. The second-order valence-corrected chi connectivity index (χ2v) is 5.77. The molecule has 2 rings (SSSR count). The van der Waals surface area contributed by atoms with Crippen molar-refractivity contribution >= 4 is 29.8 Å². The van der Waals surface area contributed by atoms with Crippen LogP contribution in [-0.2, 0) is 38.5 Å². The Morgan fingerprint density at radius 1 is 1.14 bits per heavy atom. The first kappa shape index (κ1) is 25.6. The minimum atomic E-state index is -0.374. The third-order valence-electron chi connectivity index (χ3n) is 2.86. The van der Waals surface area contributed by atoms with Crippen LogP contribution in [0.3, 0.4) is 0 Å². The van der Waals surface area contributed by atoms with E-state index in [0.29, 0.717) is 0 Å². The molecule has 0 saturated carbocycles. The molecular formula is C19H22N4O3SV.